The molecule has 4 aromatic rings. The third kappa shape index (κ3) is 3.25. The fraction of sp³-hybridized carbons (Fsp3) is 0.115. The number of rotatable bonds is 5. The van der Waals surface area contributed by atoms with E-state index in [9.17, 15) is 0 Å². The molecule has 0 aliphatic heterocycles. The van der Waals surface area contributed by atoms with Gasteiger partial charge in [0, 0.05) is 28.4 Å². The van der Waals surface area contributed by atoms with Crippen molar-refractivity contribution in [2.75, 3.05) is 7.11 Å². The molecule has 0 spiro atoms. The van der Waals surface area contributed by atoms with Crippen LogP contribution in [-0.4, -0.2) is 16.7 Å². The molecule has 0 unspecified atom stereocenters. The van der Waals surface area contributed by atoms with Gasteiger partial charge in [-0.3, -0.25) is 0 Å². The van der Waals surface area contributed by atoms with Crippen molar-refractivity contribution in [1.82, 2.24) is 9.55 Å². The van der Waals surface area contributed by atoms with E-state index in [-0.39, 0.29) is 0 Å². The first-order chi connectivity index (χ1) is 14.2. The number of hydrogen-bond donors (Lipinski definition) is 0. The fourth-order valence-corrected chi connectivity index (χ4v) is 3.82. The first-order valence-corrected chi connectivity index (χ1v) is 9.68. The summed E-state index contributed by atoms with van der Waals surface area (Å²) in [5.74, 6) is 0.637. The van der Waals surface area contributed by atoms with Crippen LogP contribution in [0, 0.1) is 6.92 Å². The molecule has 0 amide bonds. The zero-order valence-electron chi connectivity index (χ0n) is 17.0. The number of methoxy groups -OCH3 is 1. The highest BCUT2D eigenvalue weighted by atomic mass is 16.5. The Morgan fingerprint density at radius 1 is 1.07 bits per heavy atom. The first kappa shape index (κ1) is 18.8. The van der Waals surface area contributed by atoms with Gasteiger partial charge in [-0.1, -0.05) is 49.1 Å². The SMILES string of the molecule is C=Cc1c(/C=C\C)n(-c2ccc(-c3cc(C)cnc3OC)cc2)c2ccccc12. The van der Waals surface area contributed by atoms with E-state index >= 15 is 0 Å². The van der Waals surface area contributed by atoms with Crippen molar-refractivity contribution >= 4 is 23.1 Å². The number of nitrogens with zero attached hydrogens (tertiary/aromatic N) is 2. The molecule has 2 heterocycles. The summed E-state index contributed by atoms with van der Waals surface area (Å²) in [5, 5.41) is 1.20. The zero-order valence-corrected chi connectivity index (χ0v) is 17.0. The van der Waals surface area contributed by atoms with E-state index in [1.165, 1.54) is 5.39 Å². The van der Waals surface area contributed by atoms with Crippen LogP contribution < -0.4 is 4.74 Å². The predicted molar refractivity (Wildman–Crippen MR) is 123 cm³/mol. The Labute approximate surface area is 171 Å². The summed E-state index contributed by atoms with van der Waals surface area (Å²) in [6.07, 6.45) is 7.96. The Bertz CT molecular complexity index is 1210. The van der Waals surface area contributed by atoms with Crippen LogP contribution in [0.1, 0.15) is 23.7 Å². The molecule has 3 heteroatoms. The smallest absolute Gasteiger partial charge is 0.221 e. The topological polar surface area (TPSA) is 27.1 Å². The predicted octanol–water partition coefficient (Wildman–Crippen LogP) is 6.69. The van der Waals surface area contributed by atoms with E-state index in [1.807, 2.05) is 26.1 Å². The van der Waals surface area contributed by atoms with Crippen molar-refractivity contribution in [3.8, 4) is 22.7 Å². The number of pyridine rings is 1. The quantitative estimate of drug-likeness (QED) is 0.386. The minimum atomic E-state index is 0.637. The van der Waals surface area contributed by atoms with Crippen LogP contribution in [0.15, 0.2) is 73.4 Å². The van der Waals surface area contributed by atoms with Gasteiger partial charge in [0.05, 0.1) is 18.3 Å². The number of para-hydroxylation sites is 1. The molecule has 0 N–H and O–H groups in total. The minimum Gasteiger partial charge on any atom is -0.481 e. The molecule has 0 atom stereocenters. The molecule has 2 aromatic heterocycles. The lowest BCUT2D eigenvalue weighted by Crippen LogP contribution is -1.97. The highest BCUT2D eigenvalue weighted by molar-refractivity contribution is 5.95. The maximum atomic E-state index is 5.46. The number of aryl methyl sites for hydroxylation is 1. The molecule has 0 saturated heterocycles. The molecule has 144 valence electrons. The molecule has 0 bridgehead atoms. The van der Waals surface area contributed by atoms with Crippen LogP contribution >= 0.6 is 0 Å². The zero-order chi connectivity index (χ0) is 20.4. The van der Waals surface area contributed by atoms with E-state index < -0.39 is 0 Å². The number of fused-ring (bicyclic) bond motifs is 1. The van der Waals surface area contributed by atoms with Crippen molar-refractivity contribution in [1.29, 1.82) is 0 Å². The second-order valence-electron chi connectivity index (χ2n) is 6.97. The second-order valence-corrected chi connectivity index (χ2v) is 6.97. The number of aromatic nitrogens is 2. The Hall–Kier alpha value is -3.59. The molecular formula is C26H24N2O. The van der Waals surface area contributed by atoms with Gasteiger partial charge in [0.15, 0.2) is 0 Å². The van der Waals surface area contributed by atoms with Gasteiger partial charge in [0.2, 0.25) is 5.88 Å². The van der Waals surface area contributed by atoms with Gasteiger partial charge in [-0.2, -0.15) is 0 Å². The molecule has 4 rings (SSSR count). The van der Waals surface area contributed by atoms with Gasteiger partial charge < -0.3 is 9.30 Å². The average Bonchev–Trinajstić information content (AvgIpc) is 3.07. The van der Waals surface area contributed by atoms with E-state index in [4.69, 9.17) is 4.74 Å². The van der Waals surface area contributed by atoms with Gasteiger partial charge in [-0.15, -0.1) is 0 Å². The summed E-state index contributed by atoms with van der Waals surface area (Å²) in [4.78, 5) is 4.40. The lowest BCUT2D eigenvalue weighted by atomic mass is 10.0. The van der Waals surface area contributed by atoms with Crippen LogP contribution in [0.5, 0.6) is 5.88 Å². The normalized spacial score (nSPS) is 11.3. The van der Waals surface area contributed by atoms with Gasteiger partial charge in [-0.05, 0) is 55.3 Å². The molecular weight excluding hydrogens is 356 g/mol. The van der Waals surface area contributed by atoms with Crippen molar-refractivity contribution in [2.24, 2.45) is 0 Å². The maximum absolute atomic E-state index is 5.46. The highest BCUT2D eigenvalue weighted by Gasteiger charge is 2.15. The van der Waals surface area contributed by atoms with Gasteiger partial charge >= 0.3 is 0 Å². The number of benzene rings is 2. The van der Waals surface area contributed by atoms with Crippen LogP contribution in [0.25, 0.3) is 39.9 Å². The fourth-order valence-electron chi connectivity index (χ4n) is 3.82. The summed E-state index contributed by atoms with van der Waals surface area (Å²) in [7, 11) is 1.65. The van der Waals surface area contributed by atoms with Crippen LogP contribution in [0.2, 0.25) is 0 Å². The Kier molecular flexibility index (Phi) is 5.05. The van der Waals surface area contributed by atoms with Gasteiger partial charge in [0.25, 0.3) is 0 Å². The molecule has 0 fully saturated rings. The molecule has 0 aliphatic carbocycles. The van der Waals surface area contributed by atoms with Gasteiger partial charge in [0.1, 0.15) is 0 Å². The molecule has 0 radical (unpaired) electrons. The van der Waals surface area contributed by atoms with Crippen molar-refractivity contribution in [2.45, 2.75) is 13.8 Å². The van der Waals surface area contributed by atoms with Crippen LogP contribution in [-0.2, 0) is 0 Å². The monoisotopic (exact) mass is 380 g/mol. The van der Waals surface area contributed by atoms with Crippen molar-refractivity contribution in [3.63, 3.8) is 0 Å². The number of allylic oxidation sites excluding steroid dienone is 1. The lowest BCUT2D eigenvalue weighted by molar-refractivity contribution is 0.399. The Morgan fingerprint density at radius 3 is 2.52 bits per heavy atom. The maximum Gasteiger partial charge on any atom is 0.221 e. The van der Waals surface area contributed by atoms with E-state index in [0.717, 1.165) is 39.2 Å². The average molecular weight is 380 g/mol. The summed E-state index contributed by atoms with van der Waals surface area (Å²) in [6.45, 7) is 8.12. The van der Waals surface area contributed by atoms with E-state index in [2.05, 4.69) is 82.9 Å². The Morgan fingerprint density at radius 2 is 1.83 bits per heavy atom. The third-order valence-corrected chi connectivity index (χ3v) is 5.10. The standard InChI is InChI=1S/C26H24N2O/c1-5-9-24-21(6-2)22-10-7-8-11-25(22)28(24)20-14-12-19(13-15-20)23-16-18(3)17-27-26(23)29-4/h5-17H,2H2,1,3-4H3/b9-5-. The highest BCUT2D eigenvalue weighted by Crippen LogP contribution is 2.33. The minimum absolute atomic E-state index is 0.637. The molecule has 0 aliphatic rings. The van der Waals surface area contributed by atoms with Crippen LogP contribution in [0.4, 0.5) is 0 Å². The summed E-state index contributed by atoms with van der Waals surface area (Å²) in [6, 6.07) is 19.1. The number of ether oxygens (including phenoxy) is 1. The first-order valence-electron chi connectivity index (χ1n) is 9.68. The van der Waals surface area contributed by atoms with E-state index in [0.29, 0.717) is 5.88 Å². The molecule has 29 heavy (non-hydrogen) atoms. The molecule has 3 nitrogen and oxygen atoms in total. The lowest BCUT2D eigenvalue weighted by Gasteiger charge is -2.12. The van der Waals surface area contributed by atoms with E-state index in [1.54, 1.807) is 7.11 Å². The molecule has 2 aromatic carbocycles. The largest absolute Gasteiger partial charge is 0.481 e. The summed E-state index contributed by atoms with van der Waals surface area (Å²) >= 11 is 0. The third-order valence-electron chi connectivity index (χ3n) is 5.10. The number of hydrogen-bond acceptors (Lipinski definition) is 2. The van der Waals surface area contributed by atoms with Gasteiger partial charge in [-0.25, -0.2) is 4.98 Å². The summed E-state index contributed by atoms with van der Waals surface area (Å²) in [5.41, 5.74) is 7.72. The summed E-state index contributed by atoms with van der Waals surface area (Å²) < 4.78 is 7.74. The molecule has 0 saturated carbocycles. The van der Waals surface area contributed by atoms with Crippen molar-refractivity contribution < 1.29 is 4.74 Å². The Balaban J connectivity index is 1.89. The second kappa shape index (κ2) is 7.80. The van der Waals surface area contributed by atoms with Crippen molar-refractivity contribution in [3.05, 3.63) is 90.3 Å². The van der Waals surface area contributed by atoms with Crippen LogP contribution in [0.3, 0.4) is 0 Å².